The zero-order valence-corrected chi connectivity index (χ0v) is 11.5. The Hall–Kier alpha value is -2.22. The number of carboxylic acid groups (broad SMARTS) is 1. The molecule has 1 aliphatic heterocycles. The molecule has 4 rings (SSSR count). The molecule has 1 saturated carbocycles. The topological polar surface area (TPSA) is 95.7 Å². The van der Waals surface area contributed by atoms with Crippen molar-refractivity contribution in [3.8, 4) is 0 Å². The van der Waals surface area contributed by atoms with E-state index < -0.39 is 5.97 Å². The summed E-state index contributed by atoms with van der Waals surface area (Å²) in [6.45, 7) is 3.38. The number of hydrogen-bond acceptors (Lipinski definition) is 6. The van der Waals surface area contributed by atoms with Gasteiger partial charge in [0.15, 0.2) is 11.5 Å². The molecule has 0 amide bonds. The first-order chi connectivity index (χ1) is 10.2. The van der Waals surface area contributed by atoms with Crippen molar-refractivity contribution in [3.63, 3.8) is 0 Å². The fraction of sp³-hybridized carbons (Fsp3) is 0.538. The maximum Gasteiger partial charge on any atom is 0.354 e. The van der Waals surface area contributed by atoms with Gasteiger partial charge in [0.1, 0.15) is 5.82 Å². The summed E-state index contributed by atoms with van der Waals surface area (Å²) in [6.07, 6.45) is 2.21. The van der Waals surface area contributed by atoms with Crippen LogP contribution in [-0.2, 0) is 0 Å². The minimum absolute atomic E-state index is 0.0192. The van der Waals surface area contributed by atoms with Gasteiger partial charge >= 0.3 is 5.97 Å². The van der Waals surface area contributed by atoms with Crippen molar-refractivity contribution in [2.24, 2.45) is 0 Å². The summed E-state index contributed by atoms with van der Waals surface area (Å²) >= 11 is 0. The third kappa shape index (κ3) is 2.21. The van der Waals surface area contributed by atoms with E-state index in [0.29, 0.717) is 11.7 Å². The normalized spacial score (nSPS) is 19.1. The van der Waals surface area contributed by atoms with Gasteiger partial charge in [-0.3, -0.25) is 0 Å². The van der Waals surface area contributed by atoms with Crippen molar-refractivity contribution >= 4 is 17.6 Å². The lowest BCUT2D eigenvalue weighted by atomic mass is 10.3. The van der Waals surface area contributed by atoms with Crippen LogP contribution >= 0.6 is 0 Å². The number of nitrogens with one attached hydrogen (secondary N) is 1. The number of aromatic nitrogens is 4. The Labute approximate surface area is 120 Å². The van der Waals surface area contributed by atoms with Crippen LogP contribution in [0.5, 0.6) is 0 Å². The van der Waals surface area contributed by atoms with E-state index in [9.17, 15) is 9.90 Å². The average Bonchev–Trinajstić information content (AvgIpc) is 3.26. The van der Waals surface area contributed by atoms with Crippen LogP contribution in [0.2, 0.25) is 0 Å². The molecule has 0 atom stereocenters. The van der Waals surface area contributed by atoms with Crippen LogP contribution in [0.25, 0.3) is 5.78 Å². The maximum atomic E-state index is 11.3. The van der Waals surface area contributed by atoms with E-state index >= 15 is 0 Å². The number of carboxylic acids is 1. The summed E-state index contributed by atoms with van der Waals surface area (Å²) in [5.74, 6) is 1.30. The molecular formula is C13H16N6O2. The molecular weight excluding hydrogens is 272 g/mol. The van der Waals surface area contributed by atoms with Crippen molar-refractivity contribution in [1.29, 1.82) is 0 Å². The fourth-order valence-corrected chi connectivity index (χ4v) is 2.61. The molecule has 0 bridgehead atoms. The fourth-order valence-electron chi connectivity index (χ4n) is 2.61. The van der Waals surface area contributed by atoms with Gasteiger partial charge in [-0.25, -0.2) is 9.78 Å². The largest absolute Gasteiger partial charge is 0.477 e. The number of nitrogens with zero attached hydrogens (tertiary/aromatic N) is 5. The van der Waals surface area contributed by atoms with Gasteiger partial charge in [0.25, 0.3) is 5.78 Å². The Morgan fingerprint density at radius 1 is 1.29 bits per heavy atom. The average molecular weight is 288 g/mol. The molecule has 8 nitrogen and oxygen atoms in total. The monoisotopic (exact) mass is 288 g/mol. The first-order valence-corrected chi connectivity index (χ1v) is 7.19. The van der Waals surface area contributed by atoms with Crippen molar-refractivity contribution in [2.75, 3.05) is 31.1 Å². The second-order valence-electron chi connectivity index (χ2n) is 5.50. The van der Waals surface area contributed by atoms with Crippen LogP contribution < -0.4 is 10.2 Å². The molecule has 2 aromatic heterocycles. The molecule has 0 unspecified atom stereocenters. The Kier molecular flexibility index (Phi) is 2.78. The summed E-state index contributed by atoms with van der Waals surface area (Å²) in [6, 6.07) is 1.59. The van der Waals surface area contributed by atoms with Gasteiger partial charge in [0.05, 0.1) is 0 Å². The molecule has 0 aromatic carbocycles. The number of rotatable bonds is 3. The van der Waals surface area contributed by atoms with Gasteiger partial charge < -0.3 is 15.3 Å². The zero-order valence-electron chi connectivity index (χ0n) is 11.5. The lowest BCUT2D eigenvalue weighted by Crippen LogP contribution is -2.44. The van der Waals surface area contributed by atoms with Crippen molar-refractivity contribution in [3.05, 3.63) is 17.6 Å². The Bertz CT molecular complexity index is 702. The zero-order chi connectivity index (χ0) is 14.4. The van der Waals surface area contributed by atoms with Crippen LogP contribution in [0.3, 0.4) is 0 Å². The SMILES string of the molecule is O=C(O)c1cc(N2CCNCC2)n2nc(C3CC3)nc2n1. The number of anilines is 1. The lowest BCUT2D eigenvalue weighted by Gasteiger charge is -2.29. The second-order valence-corrected chi connectivity index (χ2v) is 5.50. The number of piperazine rings is 1. The van der Waals surface area contributed by atoms with Crippen LogP contribution in [0.15, 0.2) is 6.07 Å². The Morgan fingerprint density at radius 2 is 2.05 bits per heavy atom. The first-order valence-electron chi connectivity index (χ1n) is 7.19. The van der Waals surface area contributed by atoms with Crippen molar-refractivity contribution in [2.45, 2.75) is 18.8 Å². The van der Waals surface area contributed by atoms with Gasteiger partial charge in [-0.05, 0) is 12.8 Å². The Balaban J connectivity index is 1.85. The Morgan fingerprint density at radius 3 is 2.71 bits per heavy atom. The van der Waals surface area contributed by atoms with E-state index in [0.717, 1.165) is 50.7 Å². The molecule has 1 aliphatic carbocycles. The molecule has 2 aromatic rings. The van der Waals surface area contributed by atoms with Gasteiger partial charge in [-0.15, -0.1) is 5.10 Å². The number of fused-ring (bicyclic) bond motifs is 1. The lowest BCUT2D eigenvalue weighted by molar-refractivity contribution is 0.0690. The number of aromatic carboxylic acids is 1. The van der Waals surface area contributed by atoms with E-state index in [1.807, 2.05) is 0 Å². The summed E-state index contributed by atoms with van der Waals surface area (Å²) in [7, 11) is 0. The molecule has 21 heavy (non-hydrogen) atoms. The quantitative estimate of drug-likeness (QED) is 0.827. The number of hydrogen-bond donors (Lipinski definition) is 2. The van der Waals surface area contributed by atoms with Crippen LogP contribution in [0, 0.1) is 0 Å². The van der Waals surface area contributed by atoms with Gasteiger partial charge in [0, 0.05) is 38.2 Å². The summed E-state index contributed by atoms with van der Waals surface area (Å²) in [5.41, 5.74) is 0.0192. The van der Waals surface area contributed by atoms with E-state index in [1.165, 1.54) is 0 Å². The highest BCUT2D eigenvalue weighted by Gasteiger charge is 2.29. The first kappa shape index (κ1) is 12.5. The third-order valence-corrected chi connectivity index (χ3v) is 3.91. The highest BCUT2D eigenvalue weighted by molar-refractivity contribution is 5.87. The van der Waals surface area contributed by atoms with Crippen LogP contribution in [0.1, 0.15) is 35.1 Å². The van der Waals surface area contributed by atoms with Crippen molar-refractivity contribution in [1.82, 2.24) is 24.9 Å². The molecule has 1 saturated heterocycles. The molecule has 2 aliphatic rings. The molecule has 3 heterocycles. The van der Waals surface area contributed by atoms with Crippen LogP contribution in [-0.4, -0.2) is 56.8 Å². The summed E-state index contributed by atoms with van der Waals surface area (Å²) in [5, 5.41) is 17.1. The van der Waals surface area contributed by atoms with Crippen molar-refractivity contribution < 1.29 is 9.90 Å². The smallest absolute Gasteiger partial charge is 0.354 e. The highest BCUT2D eigenvalue weighted by atomic mass is 16.4. The second kappa shape index (κ2) is 4.66. The van der Waals surface area contributed by atoms with E-state index in [4.69, 9.17) is 0 Å². The minimum Gasteiger partial charge on any atom is -0.477 e. The van der Waals surface area contributed by atoms with E-state index in [1.54, 1.807) is 10.6 Å². The summed E-state index contributed by atoms with van der Waals surface area (Å²) in [4.78, 5) is 21.9. The molecule has 2 fully saturated rings. The van der Waals surface area contributed by atoms with E-state index in [2.05, 4.69) is 25.3 Å². The molecule has 8 heteroatoms. The molecule has 0 radical (unpaired) electrons. The highest BCUT2D eigenvalue weighted by Crippen LogP contribution is 2.38. The summed E-state index contributed by atoms with van der Waals surface area (Å²) < 4.78 is 1.69. The maximum absolute atomic E-state index is 11.3. The molecule has 0 spiro atoms. The predicted octanol–water partition coefficient (Wildman–Crippen LogP) is 0.109. The third-order valence-electron chi connectivity index (χ3n) is 3.91. The minimum atomic E-state index is -1.04. The van der Waals surface area contributed by atoms with Gasteiger partial charge in [0.2, 0.25) is 0 Å². The predicted molar refractivity (Wildman–Crippen MR) is 74.8 cm³/mol. The van der Waals surface area contributed by atoms with Gasteiger partial charge in [-0.1, -0.05) is 0 Å². The van der Waals surface area contributed by atoms with Gasteiger partial charge in [-0.2, -0.15) is 9.50 Å². The van der Waals surface area contributed by atoms with E-state index in [-0.39, 0.29) is 5.69 Å². The number of carbonyl (C=O) groups is 1. The molecule has 110 valence electrons. The van der Waals surface area contributed by atoms with Crippen LogP contribution in [0.4, 0.5) is 5.82 Å². The molecule has 2 N–H and O–H groups in total. The standard InChI is InChI=1S/C13H16N6O2/c20-12(21)9-7-10(18-5-3-14-4-6-18)19-13(15-9)16-11(17-19)8-1-2-8/h7-8,14H,1-6H2,(H,20,21).